The number of ether oxygens (including phenoxy) is 2. The van der Waals surface area contributed by atoms with Crippen LogP contribution in [0, 0.1) is 0 Å². The van der Waals surface area contributed by atoms with Crippen molar-refractivity contribution < 1.29 is 44.6 Å². The van der Waals surface area contributed by atoms with Gasteiger partial charge < -0.3 is 35.0 Å². The van der Waals surface area contributed by atoms with E-state index in [0.717, 1.165) is 17.7 Å². The Labute approximate surface area is 230 Å². The van der Waals surface area contributed by atoms with Crippen molar-refractivity contribution in [3.8, 4) is 46.0 Å². The Hall–Kier alpha value is -5.18. The van der Waals surface area contributed by atoms with Gasteiger partial charge in [0.15, 0.2) is 34.6 Å². The Morgan fingerprint density at radius 2 is 1.07 bits per heavy atom. The SMILES string of the molecule is COc1cc(CCC(=O)c2ccc(O)cc2O)ccc1Oc1cc(CCC(=O)c2ccc(O)cc2O)ccc1O. The molecule has 40 heavy (non-hydrogen) atoms. The minimum atomic E-state index is -0.301. The smallest absolute Gasteiger partial charge is 0.169 e. The van der Waals surface area contributed by atoms with E-state index in [1.807, 2.05) is 0 Å². The molecule has 206 valence electrons. The molecule has 9 nitrogen and oxygen atoms in total. The number of phenols is 5. The van der Waals surface area contributed by atoms with Crippen LogP contribution < -0.4 is 9.47 Å². The number of carbonyl (C=O) groups is 2. The number of carbonyl (C=O) groups excluding carboxylic acids is 2. The molecule has 0 saturated heterocycles. The van der Waals surface area contributed by atoms with Gasteiger partial charge in [0, 0.05) is 25.0 Å². The molecule has 4 rings (SSSR count). The summed E-state index contributed by atoms with van der Waals surface area (Å²) < 4.78 is 11.4. The zero-order valence-electron chi connectivity index (χ0n) is 21.6. The van der Waals surface area contributed by atoms with Gasteiger partial charge in [-0.2, -0.15) is 0 Å². The number of methoxy groups -OCH3 is 1. The molecular weight excluding hydrogens is 516 g/mol. The number of benzene rings is 4. The van der Waals surface area contributed by atoms with Crippen molar-refractivity contribution >= 4 is 11.6 Å². The van der Waals surface area contributed by atoms with E-state index in [1.165, 1.54) is 37.4 Å². The third-order valence-corrected chi connectivity index (χ3v) is 6.32. The first kappa shape index (κ1) is 27.8. The highest BCUT2D eigenvalue weighted by Gasteiger charge is 2.16. The van der Waals surface area contributed by atoms with E-state index in [1.54, 1.807) is 30.3 Å². The predicted molar refractivity (Wildman–Crippen MR) is 146 cm³/mol. The van der Waals surface area contributed by atoms with E-state index in [2.05, 4.69) is 0 Å². The molecule has 0 fully saturated rings. The maximum atomic E-state index is 12.5. The molecule has 0 spiro atoms. The van der Waals surface area contributed by atoms with Crippen molar-refractivity contribution in [1.82, 2.24) is 0 Å². The molecule has 0 unspecified atom stereocenters. The second kappa shape index (κ2) is 12.1. The molecule has 0 aliphatic rings. The van der Waals surface area contributed by atoms with Gasteiger partial charge in [0.05, 0.1) is 18.2 Å². The Kier molecular flexibility index (Phi) is 8.44. The molecule has 0 saturated carbocycles. The van der Waals surface area contributed by atoms with Crippen LogP contribution in [0.4, 0.5) is 0 Å². The Morgan fingerprint density at radius 1 is 0.575 bits per heavy atom. The van der Waals surface area contributed by atoms with Crippen LogP contribution in [0.2, 0.25) is 0 Å². The lowest BCUT2D eigenvalue weighted by molar-refractivity contribution is 0.0971. The molecule has 0 heterocycles. The van der Waals surface area contributed by atoms with Crippen LogP contribution in [0.15, 0.2) is 72.8 Å². The maximum absolute atomic E-state index is 12.5. The normalized spacial score (nSPS) is 10.7. The van der Waals surface area contributed by atoms with Gasteiger partial charge in [-0.25, -0.2) is 0 Å². The lowest BCUT2D eigenvalue weighted by atomic mass is 10.0. The predicted octanol–water partition coefficient (Wildman–Crippen LogP) is 5.65. The molecular formula is C31H28O9. The number of phenolic OH excluding ortho intramolecular Hbond substituents is 5. The van der Waals surface area contributed by atoms with Gasteiger partial charge in [-0.1, -0.05) is 12.1 Å². The van der Waals surface area contributed by atoms with Crippen LogP contribution in [0.1, 0.15) is 44.7 Å². The van der Waals surface area contributed by atoms with Gasteiger partial charge in [0.25, 0.3) is 0 Å². The second-order valence-corrected chi connectivity index (χ2v) is 9.14. The molecule has 0 aliphatic carbocycles. The summed E-state index contributed by atoms with van der Waals surface area (Å²) in [6.45, 7) is 0. The average molecular weight is 545 g/mol. The fourth-order valence-corrected chi connectivity index (χ4v) is 4.16. The second-order valence-electron chi connectivity index (χ2n) is 9.14. The quantitative estimate of drug-likeness (QED) is 0.151. The number of ketones is 2. The third kappa shape index (κ3) is 6.63. The van der Waals surface area contributed by atoms with Crippen LogP contribution in [-0.2, 0) is 12.8 Å². The van der Waals surface area contributed by atoms with Crippen LogP contribution >= 0.6 is 0 Å². The summed E-state index contributed by atoms with van der Waals surface area (Å²) in [4.78, 5) is 25.1. The first-order valence-electron chi connectivity index (χ1n) is 12.4. The molecule has 0 radical (unpaired) electrons. The Balaban J connectivity index is 1.42. The molecule has 4 aromatic rings. The number of hydrogen-bond acceptors (Lipinski definition) is 9. The van der Waals surface area contributed by atoms with Crippen molar-refractivity contribution in [2.24, 2.45) is 0 Å². The summed E-state index contributed by atoms with van der Waals surface area (Å²) in [5.41, 5.74) is 1.73. The summed E-state index contributed by atoms with van der Waals surface area (Å²) in [7, 11) is 1.46. The first-order valence-corrected chi connectivity index (χ1v) is 12.4. The fourth-order valence-electron chi connectivity index (χ4n) is 4.16. The molecule has 0 bridgehead atoms. The monoisotopic (exact) mass is 544 g/mol. The van der Waals surface area contributed by atoms with Gasteiger partial charge in [-0.3, -0.25) is 9.59 Å². The van der Waals surface area contributed by atoms with E-state index < -0.39 is 0 Å². The van der Waals surface area contributed by atoms with Crippen molar-refractivity contribution in [3.05, 3.63) is 95.1 Å². The Morgan fingerprint density at radius 3 is 1.57 bits per heavy atom. The highest BCUT2D eigenvalue weighted by molar-refractivity contribution is 5.99. The minimum Gasteiger partial charge on any atom is -0.508 e. The maximum Gasteiger partial charge on any atom is 0.169 e. The van der Waals surface area contributed by atoms with E-state index in [9.17, 15) is 35.1 Å². The highest BCUT2D eigenvalue weighted by atomic mass is 16.5. The van der Waals surface area contributed by atoms with E-state index >= 15 is 0 Å². The molecule has 4 aromatic carbocycles. The van der Waals surface area contributed by atoms with Crippen LogP contribution in [0.5, 0.6) is 46.0 Å². The molecule has 0 amide bonds. The van der Waals surface area contributed by atoms with Gasteiger partial charge in [-0.15, -0.1) is 0 Å². The number of hydrogen-bond donors (Lipinski definition) is 5. The largest absolute Gasteiger partial charge is 0.508 e. The fraction of sp³-hybridized carbons (Fsp3) is 0.161. The van der Waals surface area contributed by atoms with Crippen molar-refractivity contribution in [2.75, 3.05) is 7.11 Å². The number of aromatic hydroxyl groups is 5. The molecule has 0 aliphatic heterocycles. The third-order valence-electron chi connectivity index (χ3n) is 6.32. The summed E-state index contributed by atoms with van der Waals surface area (Å²) in [6.07, 6.45) is 0.879. The standard InChI is InChI=1S/C31H28O9/c1-39-31-15-19(3-11-25(35)23-9-7-21(33)17-28(23)38)5-13-29(31)40-30-14-18(4-12-26(30)36)2-10-24(34)22-8-6-20(32)16-27(22)37/h4-9,12-17,32-33,36-38H,2-3,10-11H2,1H3. The Bertz CT molecular complexity index is 1560. The first-order chi connectivity index (χ1) is 19.1. The molecule has 0 atom stereocenters. The summed E-state index contributed by atoms with van der Waals surface area (Å²) >= 11 is 0. The summed E-state index contributed by atoms with van der Waals surface area (Å²) in [5.74, 6) is -0.685. The zero-order valence-corrected chi connectivity index (χ0v) is 21.6. The van der Waals surface area contributed by atoms with Crippen LogP contribution in [-0.4, -0.2) is 44.2 Å². The molecule has 9 heteroatoms. The van der Waals surface area contributed by atoms with Crippen LogP contribution in [0.25, 0.3) is 0 Å². The van der Waals surface area contributed by atoms with Gasteiger partial charge in [0.2, 0.25) is 0 Å². The highest BCUT2D eigenvalue weighted by Crippen LogP contribution is 2.37. The average Bonchev–Trinajstić information content (AvgIpc) is 2.92. The van der Waals surface area contributed by atoms with Crippen LogP contribution in [0.3, 0.4) is 0 Å². The summed E-state index contributed by atoms with van der Waals surface area (Å²) in [5, 5.41) is 49.0. The topological polar surface area (TPSA) is 154 Å². The number of rotatable bonds is 11. The summed E-state index contributed by atoms with van der Waals surface area (Å²) in [6, 6.07) is 17.5. The number of aryl methyl sites for hydroxylation is 2. The number of Topliss-reactive ketones (excluding diaryl/α,β-unsaturated/α-hetero) is 2. The lowest BCUT2D eigenvalue weighted by Gasteiger charge is -2.14. The van der Waals surface area contributed by atoms with Gasteiger partial charge >= 0.3 is 0 Å². The minimum absolute atomic E-state index is 0.0845. The van der Waals surface area contributed by atoms with E-state index in [0.29, 0.717) is 29.9 Å². The van der Waals surface area contributed by atoms with Gasteiger partial charge in [-0.05, 0) is 72.5 Å². The zero-order chi connectivity index (χ0) is 28.8. The van der Waals surface area contributed by atoms with Crippen molar-refractivity contribution in [2.45, 2.75) is 25.7 Å². The molecule has 0 aromatic heterocycles. The lowest BCUT2D eigenvalue weighted by Crippen LogP contribution is -2.02. The van der Waals surface area contributed by atoms with Gasteiger partial charge in [0.1, 0.15) is 23.0 Å². The van der Waals surface area contributed by atoms with E-state index in [4.69, 9.17) is 9.47 Å². The van der Waals surface area contributed by atoms with E-state index in [-0.39, 0.29) is 70.0 Å². The molecule has 5 N–H and O–H groups in total. The van der Waals surface area contributed by atoms with Crippen molar-refractivity contribution in [3.63, 3.8) is 0 Å². The van der Waals surface area contributed by atoms with Crippen molar-refractivity contribution in [1.29, 1.82) is 0 Å².